The van der Waals surface area contributed by atoms with Crippen LogP contribution in [0.3, 0.4) is 0 Å². The van der Waals surface area contributed by atoms with Gasteiger partial charge in [0.05, 0.1) is 10.8 Å². The molecule has 1 saturated carbocycles. The highest BCUT2D eigenvalue weighted by molar-refractivity contribution is 7.85. The summed E-state index contributed by atoms with van der Waals surface area (Å²) in [7, 11) is -0.912. The van der Waals surface area contributed by atoms with Crippen LogP contribution in [-0.2, 0) is 10.8 Å². The second kappa shape index (κ2) is 5.98. The topological polar surface area (TPSA) is 43.1 Å². The number of hydrogen-bond acceptors (Lipinski definition) is 2. The predicted molar refractivity (Wildman–Crippen MR) is 76.9 cm³/mol. The van der Waals surface area contributed by atoms with Crippen LogP contribution in [0, 0.1) is 18.8 Å². The van der Waals surface area contributed by atoms with Crippen LogP contribution in [0.1, 0.15) is 31.7 Å². The fourth-order valence-corrected chi connectivity index (χ4v) is 4.89. The van der Waals surface area contributed by atoms with Crippen molar-refractivity contribution in [1.29, 1.82) is 0 Å². The van der Waals surface area contributed by atoms with Gasteiger partial charge >= 0.3 is 0 Å². The molecule has 1 aliphatic carbocycles. The molecule has 1 aliphatic rings. The molecular weight excluding hydrogens is 242 g/mol. The minimum Gasteiger partial charge on any atom is -0.330 e. The van der Waals surface area contributed by atoms with Crippen molar-refractivity contribution in [1.82, 2.24) is 0 Å². The Bertz CT molecular complexity index is 432. The minimum atomic E-state index is -0.912. The van der Waals surface area contributed by atoms with Crippen molar-refractivity contribution in [2.24, 2.45) is 17.6 Å². The molecule has 0 aliphatic heterocycles. The van der Waals surface area contributed by atoms with E-state index in [0.29, 0.717) is 18.4 Å². The summed E-state index contributed by atoms with van der Waals surface area (Å²) >= 11 is 0. The van der Waals surface area contributed by atoms with Gasteiger partial charge in [-0.05, 0) is 49.8 Å². The first-order chi connectivity index (χ1) is 8.63. The fourth-order valence-electron chi connectivity index (χ4n) is 2.87. The van der Waals surface area contributed by atoms with Crippen LogP contribution in [0.2, 0.25) is 0 Å². The van der Waals surface area contributed by atoms with Crippen LogP contribution in [0.15, 0.2) is 29.2 Å². The third-order valence-electron chi connectivity index (χ3n) is 4.08. The average Bonchev–Trinajstić information content (AvgIpc) is 2.38. The van der Waals surface area contributed by atoms with E-state index in [-0.39, 0.29) is 5.25 Å². The van der Waals surface area contributed by atoms with Gasteiger partial charge in [-0.3, -0.25) is 4.21 Å². The summed E-state index contributed by atoms with van der Waals surface area (Å²) in [6.07, 6.45) is 3.39. The fraction of sp³-hybridized carbons (Fsp3) is 0.600. The van der Waals surface area contributed by atoms with Crippen LogP contribution in [0.4, 0.5) is 0 Å². The number of rotatable bonds is 3. The molecule has 100 valence electrons. The van der Waals surface area contributed by atoms with Gasteiger partial charge in [0.25, 0.3) is 0 Å². The van der Waals surface area contributed by atoms with E-state index in [4.69, 9.17) is 5.73 Å². The minimum absolute atomic E-state index is 0.236. The van der Waals surface area contributed by atoms with Crippen molar-refractivity contribution >= 4 is 10.8 Å². The van der Waals surface area contributed by atoms with Crippen LogP contribution in [-0.4, -0.2) is 16.0 Å². The smallest absolute Gasteiger partial charge is 0.0566 e. The molecule has 4 unspecified atom stereocenters. The molecule has 2 rings (SSSR count). The lowest BCUT2D eigenvalue weighted by atomic mass is 9.82. The Morgan fingerprint density at radius 2 is 2.06 bits per heavy atom. The molecule has 18 heavy (non-hydrogen) atoms. The molecule has 1 aromatic rings. The molecule has 4 atom stereocenters. The van der Waals surface area contributed by atoms with Crippen molar-refractivity contribution < 1.29 is 4.21 Å². The molecule has 0 amide bonds. The Morgan fingerprint density at radius 1 is 1.33 bits per heavy atom. The lowest BCUT2D eigenvalue weighted by Crippen LogP contribution is -2.37. The largest absolute Gasteiger partial charge is 0.330 e. The Balaban J connectivity index is 2.23. The quantitative estimate of drug-likeness (QED) is 0.913. The Kier molecular flexibility index (Phi) is 4.57. The summed E-state index contributed by atoms with van der Waals surface area (Å²) in [5, 5.41) is 0.236. The van der Waals surface area contributed by atoms with E-state index in [1.54, 1.807) is 0 Å². The van der Waals surface area contributed by atoms with Gasteiger partial charge in [0, 0.05) is 10.1 Å². The van der Waals surface area contributed by atoms with Crippen molar-refractivity contribution in [3.63, 3.8) is 0 Å². The third kappa shape index (κ3) is 2.83. The zero-order valence-corrected chi connectivity index (χ0v) is 12.1. The van der Waals surface area contributed by atoms with E-state index in [2.05, 4.69) is 6.92 Å². The Labute approximate surface area is 112 Å². The zero-order chi connectivity index (χ0) is 13.1. The Hall–Kier alpha value is -0.670. The van der Waals surface area contributed by atoms with E-state index in [0.717, 1.165) is 23.3 Å². The number of hydrogen-bond donors (Lipinski definition) is 1. The molecule has 0 bridgehead atoms. The SMILES string of the molecule is Cc1ccccc1S(=O)C1CC(C)CCC1CN. The first-order valence-corrected chi connectivity index (χ1v) is 8.01. The van der Waals surface area contributed by atoms with Crippen LogP contribution < -0.4 is 5.73 Å². The van der Waals surface area contributed by atoms with E-state index in [9.17, 15) is 4.21 Å². The monoisotopic (exact) mass is 265 g/mol. The normalized spacial score (nSPS) is 30.1. The molecule has 0 radical (unpaired) electrons. The highest BCUT2D eigenvalue weighted by Crippen LogP contribution is 2.34. The maximum atomic E-state index is 12.8. The van der Waals surface area contributed by atoms with Gasteiger partial charge in [-0.15, -0.1) is 0 Å². The molecule has 0 spiro atoms. The molecule has 2 nitrogen and oxygen atoms in total. The highest BCUT2D eigenvalue weighted by Gasteiger charge is 2.32. The molecule has 0 aromatic heterocycles. The molecule has 1 aromatic carbocycles. The van der Waals surface area contributed by atoms with Crippen molar-refractivity contribution in [3.8, 4) is 0 Å². The van der Waals surface area contributed by atoms with Gasteiger partial charge in [-0.25, -0.2) is 0 Å². The second-order valence-electron chi connectivity index (χ2n) is 5.52. The predicted octanol–water partition coefficient (Wildman–Crippen LogP) is 2.87. The van der Waals surface area contributed by atoms with E-state index in [1.165, 1.54) is 6.42 Å². The lowest BCUT2D eigenvalue weighted by molar-refractivity contribution is 0.302. The van der Waals surface area contributed by atoms with E-state index < -0.39 is 10.8 Å². The van der Waals surface area contributed by atoms with Crippen molar-refractivity contribution in [3.05, 3.63) is 29.8 Å². The van der Waals surface area contributed by atoms with Gasteiger partial charge in [0.15, 0.2) is 0 Å². The van der Waals surface area contributed by atoms with Gasteiger partial charge in [0.2, 0.25) is 0 Å². The summed E-state index contributed by atoms with van der Waals surface area (Å²) in [6.45, 7) is 4.96. The van der Waals surface area contributed by atoms with Crippen molar-refractivity contribution in [2.45, 2.75) is 43.3 Å². The molecule has 0 heterocycles. The third-order valence-corrected chi connectivity index (χ3v) is 6.10. The highest BCUT2D eigenvalue weighted by atomic mass is 32.2. The number of aryl methyl sites for hydroxylation is 1. The van der Waals surface area contributed by atoms with Crippen LogP contribution >= 0.6 is 0 Å². The molecule has 2 N–H and O–H groups in total. The molecule has 0 saturated heterocycles. The first kappa shape index (κ1) is 13.8. The van der Waals surface area contributed by atoms with E-state index in [1.807, 2.05) is 31.2 Å². The van der Waals surface area contributed by atoms with Crippen molar-refractivity contribution in [2.75, 3.05) is 6.54 Å². The maximum absolute atomic E-state index is 12.8. The molecular formula is C15H23NOS. The first-order valence-electron chi connectivity index (χ1n) is 6.79. The van der Waals surface area contributed by atoms with Gasteiger partial charge in [-0.1, -0.05) is 31.5 Å². The molecule has 3 heteroatoms. The summed E-state index contributed by atoms with van der Waals surface area (Å²) < 4.78 is 12.8. The number of nitrogens with two attached hydrogens (primary N) is 1. The van der Waals surface area contributed by atoms with E-state index >= 15 is 0 Å². The zero-order valence-electron chi connectivity index (χ0n) is 11.3. The number of benzene rings is 1. The van der Waals surface area contributed by atoms with Crippen LogP contribution in [0.25, 0.3) is 0 Å². The standard InChI is InChI=1S/C15H23NOS/c1-11-7-8-13(10-16)15(9-11)18(17)14-6-4-3-5-12(14)2/h3-6,11,13,15H,7-10,16H2,1-2H3. The molecule has 1 fully saturated rings. The van der Waals surface area contributed by atoms with Gasteiger partial charge in [0.1, 0.15) is 0 Å². The second-order valence-corrected chi connectivity index (χ2v) is 7.16. The maximum Gasteiger partial charge on any atom is 0.0566 e. The van der Waals surface area contributed by atoms with Crippen LogP contribution in [0.5, 0.6) is 0 Å². The average molecular weight is 265 g/mol. The van der Waals surface area contributed by atoms with Gasteiger partial charge < -0.3 is 5.73 Å². The summed E-state index contributed by atoms with van der Waals surface area (Å²) in [5.74, 6) is 1.09. The summed E-state index contributed by atoms with van der Waals surface area (Å²) in [6, 6.07) is 8.01. The lowest BCUT2D eigenvalue weighted by Gasteiger charge is -2.33. The van der Waals surface area contributed by atoms with Gasteiger partial charge in [-0.2, -0.15) is 0 Å². The summed E-state index contributed by atoms with van der Waals surface area (Å²) in [4.78, 5) is 0.995. The Morgan fingerprint density at radius 3 is 2.72 bits per heavy atom. The summed E-state index contributed by atoms with van der Waals surface area (Å²) in [5.41, 5.74) is 6.99.